The monoisotopic (exact) mass is 352 g/mol. The van der Waals surface area contributed by atoms with Crippen molar-refractivity contribution >= 4 is 35.3 Å². The molecule has 2 nitrogen and oxygen atoms in total. The summed E-state index contributed by atoms with van der Waals surface area (Å²) in [5.41, 5.74) is 3.58. The van der Waals surface area contributed by atoms with Crippen LogP contribution < -0.4 is 4.90 Å². The zero-order chi connectivity index (χ0) is 17.0. The summed E-state index contributed by atoms with van der Waals surface area (Å²) in [6, 6.07) is 21.4. The van der Waals surface area contributed by atoms with Gasteiger partial charge in [0.15, 0.2) is 4.08 Å². The number of aryl methyl sites for hydroxylation is 1. The molecule has 1 fully saturated rings. The van der Waals surface area contributed by atoms with Gasteiger partial charge in [-0.05, 0) is 30.9 Å². The van der Waals surface area contributed by atoms with E-state index >= 15 is 0 Å². The predicted octanol–water partition coefficient (Wildman–Crippen LogP) is 5.17. The van der Waals surface area contributed by atoms with Crippen molar-refractivity contribution in [3.8, 4) is 6.07 Å². The molecule has 0 aliphatic carbocycles. The van der Waals surface area contributed by atoms with Crippen LogP contribution in [0, 0.1) is 18.3 Å². The molecule has 2 aromatic rings. The Morgan fingerprint density at radius 3 is 2.54 bits per heavy atom. The third kappa shape index (κ3) is 3.33. The van der Waals surface area contributed by atoms with Crippen molar-refractivity contribution in [2.75, 3.05) is 17.0 Å². The Balaban J connectivity index is 1.95. The highest BCUT2D eigenvalue weighted by molar-refractivity contribution is 8.18. The van der Waals surface area contributed by atoms with Gasteiger partial charge in [-0.15, -0.1) is 23.5 Å². The van der Waals surface area contributed by atoms with E-state index in [2.05, 4.69) is 66.4 Å². The molecule has 1 aliphatic heterocycles. The van der Waals surface area contributed by atoms with Gasteiger partial charge >= 0.3 is 0 Å². The van der Waals surface area contributed by atoms with E-state index < -0.39 is 4.08 Å². The molecule has 1 saturated heterocycles. The van der Waals surface area contributed by atoms with Crippen molar-refractivity contribution in [3.63, 3.8) is 0 Å². The normalized spacial score (nSPS) is 23.5. The van der Waals surface area contributed by atoms with Crippen molar-refractivity contribution in [1.29, 1.82) is 5.26 Å². The molecule has 24 heavy (non-hydrogen) atoms. The van der Waals surface area contributed by atoms with Crippen LogP contribution in [0.1, 0.15) is 11.1 Å². The van der Waals surface area contributed by atoms with E-state index in [9.17, 15) is 5.26 Å². The Bertz CT molecular complexity index is 749. The molecule has 0 radical (unpaired) electrons. The van der Waals surface area contributed by atoms with E-state index in [0.29, 0.717) is 0 Å². The average Bonchev–Trinajstić information content (AvgIpc) is 3.00. The van der Waals surface area contributed by atoms with Crippen LogP contribution in [0.2, 0.25) is 0 Å². The van der Waals surface area contributed by atoms with Crippen molar-refractivity contribution in [2.24, 2.45) is 0 Å². The summed E-state index contributed by atoms with van der Waals surface area (Å²) in [6.07, 6.45) is 6.33. The molecule has 0 bridgehead atoms. The van der Waals surface area contributed by atoms with Gasteiger partial charge in [-0.2, -0.15) is 5.26 Å². The van der Waals surface area contributed by atoms with Crippen LogP contribution in [0.25, 0.3) is 6.08 Å². The highest BCUT2D eigenvalue weighted by atomic mass is 32.2. The first-order chi connectivity index (χ1) is 11.7. The quantitative estimate of drug-likeness (QED) is 0.758. The summed E-state index contributed by atoms with van der Waals surface area (Å²) < 4.78 is -0.476. The van der Waals surface area contributed by atoms with E-state index in [1.54, 1.807) is 23.5 Å². The molecule has 0 unspecified atom stereocenters. The van der Waals surface area contributed by atoms with Crippen LogP contribution in [0.15, 0.2) is 60.7 Å². The van der Waals surface area contributed by atoms with Crippen LogP contribution >= 0.6 is 23.5 Å². The lowest BCUT2D eigenvalue weighted by molar-refractivity contribution is 0.777. The van der Waals surface area contributed by atoms with Crippen LogP contribution in [0.3, 0.4) is 0 Å². The van der Waals surface area contributed by atoms with Crippen molar-refractivity contribution < 1.29 is 0 Å². The zero-order valence-electron chi connectivity index (χ0n) is 13.8. The molecule has 1 aliphatic rings. The Kier molecular flexibility index (Phi) is 5.23. The third-order valence-corrected chi connectivity index (χ3v) is 7.20. The summed E-state index contributed by atoms with van der Waals surface area (Å²) in [6.45, 7) is 2.09. The maximum Gasteiger partial charge on any atom is 0.173 e. The fraction of sp³-hybridized carbons (Fsp3) is 0.250. The van der Waals surface area contributed by atoms with Crippen molar-refractivity contribution in [3.05, 3.63) is 71.8 Å². The predicted molar refractivity (Wildman–Crippen MR) is 107 cm³/mol. The molecule has 0 amide bonds. The minimum Gasteiger partial charge on any atom is -0.352 e. The smallest absolute Gasteiger partial charge is 0.173 e. The second-order valence-corrected chi connectivity index (χ2v) is 8.28. The summed E-state index contributed by atoms with van der Waals surface area (Å²) in [5, 5.41) is 9.84. The molecule has 0 saturated carbocycles. The number of rotatable bonds is 4. The van der Waals surface area contributed by atoms with Gasteiger partial charge in [-0.25, -0.2) is 0 Å². The molecule has 4 heteroatoms. The van der Waals surface area contributed by atoms with E-state index in [-0.39, 0.29) is 6.04 Å². The first-order valence-electron chi connectivity index (χ1n) is 7.85. The van der Waals surface area contributed by atoms with Gasteiger partial charge in [0.25, 0.3) is 0 Å². The maximum absolute atomic E-state index is 9.84. The Morgan fingerprint density at radius 2 is 1.92 bits per heavy atom. The minimum atomic E-state index is -0.476. The maximum atomic E-state index is 9.84. The number of thioether (sulfide) groups is 2. The lowest BCUT2D eigenvalue weighted by Gasteiger charge is -2.30. The molecule has 2 atom stereocenters. The number of hydrogen-bond donors (Lipinski definition) is 0. The van der Waals surface area contributed by atoms with E-state index in [1.807, 2.05) is 24.5 Å². The topological polar surface area (TPSA) is 27.0 Å². The molecule has 1 heterocycles. The van der Waals surface area contributed by atoms with Gasteiger partial charge < -0.3 is 4.90 Å². The van der Waals surface area contributed by atoms with E-state index in [1.165, 1.54) is 11.3 Å². The molecule has 0 spiro atoms. The molecule has 2 aromatic carbocycles. The highest BCUT2D eigenvalue weighted by Crippen LogP contribution is 2.48. The average molecular weight is 353 g/mol. The van der Waals surface area contributed by atoms with Crippen molar-refractivity contribution in [1.82, 2.24) is 0 Å². The number of nitrogens with zero attached hydrogens (tertiary/aromatic N) is 2. The molecular weight excluding hydrogens is 332 g/mol. The van der Waals surface area contributed by atoms with Crippen LogP contribution in [0.4, 0.5) is 5.69 Å². The number of hydrogen-bond acceptors (Lipinski definition) is 4. The van der Waals surface area contributed by atoms with Gasteiger partial charge in [0.1, 0.15) is 0 Å². The second-order valence-electron chi connectivity index (χ2n) is 5.78. The number of nitriles is 1. The Labute approximate surface area is 152 Å². The fourth-order valence-electron chi connectivity index (χ4n) is 2.83. The first-order valence-corrected chi connectivity index (χ1v) is 10.1. The lowest BCUT2D eigenvalue weighted by Crippen LogP contribution is -2.39. The highest BCUT2D eigenvalue weighted by Gasteiger charge is 2.47. The number of benzene rings is 2. The van der Waals surface area contributed by atoms with Gasteiger partial charge in [-0.1, -0.05) is 60.2 Å². The Morgan fingerprint density at radius 1 is 1.21 bits per heavy atom. The molecule has 3 rings (SSSR count). The molecule has 0 aromatic heterocycles. The largest absolute Gasteiger partial charge is 0.352 e. The van der Waals surface area contributed by atoms with Crippen LogP contribution in [-0.2, 0) is 0 Å². The lowest BCUT2D eigenvalue weighted by atomic mass is 10.1. The molecule has 0 N–H and O–H groups in total. The van der Waals surface area contributed by atoms with Gasteiger partial charge in [-0.3, -0.25) is 0 Å². The van der Waals surface area contributed by atoms with E-state index in [0.717, 1.165) is 11.4 Å². The Hall–Kier alpha value is -1.83. The zero-order valence-corrected chi connectivity index (χ0v) is 15.5. The summed E-state index contributed by atoms with van der Waals surface area (Å²) in [4.78, 5) is 2.32. The van der Waals surface area contributed by atoms with Gasteiger partial charge in [0.2, 0.25) is 0 Å². The second kappa shape index (κ2) is 7.38. The summed E-state index contributed by atoms with van der Waals surface area (Å²) in [7, 11) is 0. The fourth-order valence-corrected chi connectivity index (χ4v) is 5.08. The SMILES string of the molecule is CS[C@@]1(C#N)SCN(c2ccc(C)cc2)[C@@H]1/C=C/c1ccccc1. The summed E-state index contributed by atoms with van der Waals surface area (Å²) >= 11 is 3.35. The molecule has 122 valence electrons. The van der Waals surface area contributed by atoms with E-state index in [4.69, 9.17) is 0 Å². The van der Waals surface area contributed by atoms with Gasteiger partial charge in [0, 0.05) is 5.69 Å². The summed E-state index contributed by atoms with van der Waals surface area (Å²) in [5.74, 6) is 0.821. The number of anilines is 1. The van der Waals surface area contributed by atoms with Crippen molar-refractivity contribution in [2.45, 2.75) is 17.0 Å². The van der Waals surface area contributed by atoms with Crippen LogP contribution in [-0.4, -0.2) is 22.3 Å². The first kappa shape index (κ1) is 17.0. The molecular formula is C20H20N2S2. The van der Waals surface area contributed by atoms with Gasteiger partial charge in [0.05, 0.1) is 18.0 Å². The standard InChI is InChI=1S/C20H20N2S2/c1-16-8-11-18(12-9-16)22-15-24-20(14-21,23-2)19(22)13-10-17-6-4-3-5-7-17/h3-13,19H,15H2,1-2H3/b13-10+/t19-,20+/m1/s1. The third-order valence-electron chi connectivity index (χ3n) is 4.24. The minimum absolute atomic E-state index is 0.0328. The van der Waals surface area contributed by atoms with Crippen LogP contribution in [0.5, 0.6) is 0 Å².